The number of hydrogen-bond acceptors (Lipinski definition) is 5. The molecule has 4 rings (SSSR count). The molecule has 1 aromatic heterocycles. The zero-order chi connectivity index (χ0) is 29.8. The topological polar surface area (TPSA) is 95.7 Å². The fraction of sp³-hybridized carbons (Fsp3) is 0.500. The van der Waals surface area contributed by atoms with Gasteiger partial charge in [0, 0.05) is 37.5 Å². The van der Waals surface area contributed by atoms with Crippen LogP contribution < -0.4 is 10.7 Å². The molecule has 0 unspecified atom stereocenters. The number of halogens is 1. The molecule has 0 saturated carbocycles. The van der Waals surface area contributed by atoms with Gasteiger partial charge in [-0.05, 0) is 102 Å². The van der Waals surface area contributed by atoms with Crippen molar-refractivity contribution < 1.29 is 19.1 Å². The maximum Gasteiger partial charge on any atom is 0.408 e. The van der Waals surface area contributed by atoms with Crippen LogP contribution in [0, 0.1) is 9.12 Å². The highest BCUT2D eigenvalue weighted by Gasteiger charge is 2.29. The second-order valence-corrected chi connectivity index (χ2v) is 13.7. The van der Waals surface area contributed by atoms with Crippen molar-refractivity contribution in [2.75, 3.05) is 26.8 Å². The maximum atomic E-state index is 13.5. The fourth-order valence-corrected chi connectivity index (χ4v) is 6.09. The van der Waals surface area contributed by atoms with Gasteiger partial charge in [0.25, 0.3) is 5.91 Å². The van der Waals surface area contributed by atoms with E-state index in [0.29, 0.717) is 19.6 Å². The van der Waals surface area contributed by atoms with Crippen LogP contribution in [-0.4, -0.2) is 60.4 Å². The molecule has 0 bridgehead atoms. The Morgan fingerprint density at radius 1 is 1.07 bits per heavy atom. The van der Waals surface area contributed by atoms with Gasteiger partial charge in [0.05, 0.1) is 10.3 Å². The van der Waals surface area contributed by atoms with Crippen molar-refractivity contribution in [3.8, 4) is 11.1 Å². The molecule has 1 fully saturated rings. The molecule has 0 radical (unpaired) electrons. The number of rotatable bonds is 9. The van der Waals surface area contributed by atoms with Crippen LogP contribution in [0.2, 0.25) is 0 Å². The van der Waals surface area contributed by atoms with Gasteiger partial charge in [0.2, 0.25) is 0 Å². The standard InChI is InChI=1S/C32H43IN4O4/c1-31(2,3)41-30(39)36-27(29(38)37-15-8-7-14-34-37)17-21-10-9-11-22(16-21)23-12-13-26-24(18-23)25(28(33)35-26)19-32(4,5)20-40-6/h9-13,16,18,27,34-35H,7-8,14-15,17,19-20H2,1-6H3,(H,36,39)/t27-/m0/s1. The van der Waals surface area contributed by atoms with Gasteiger partial charge < -0.3 is 19.8 Å². The van der Waals surface area contributed by atoms with E-state index in [-0.39, 0.29) is 11.3 Å². The van der Waals surface area contributed by atoms with Gasteiger partial charge in [-0.25, -0.2) is 10.2 Å². The van der Waals surface area contributed by atoms with Gasteiger partial charge in [0.1, 0.15) is 11.6 Å². The lowest BCUT2D eigenvalue weighted by Gasteiger charge is -2.31. The van der Waals surface area contributed by atoms with E-state index in [1.165, 1.54) is 10.9 Å². The van der Waals surface area contributed by atoms with Crippen LogP contribution in [0.15, 0.2) is 42.5 Å². The summed E-state index contributed by atoms with van der Waals surface area (Å²) in [5, 5.41) is 5.67. The first-order valence-electron chi connectivity index (χ1n) is 14.3. The largest absolute Gasteiger partial charge is 0.444 e. The molecule has 3 N–H and O–H groups in total. The van der Waals surface area contributed by atoms with Crippen LogP contribution in [0.25, 0.3) is 22.0 Å². The summed E-state index contributed by atoms with van der Waals surface area (Å²) in [4.78, 5) is 29.7. The van der Waals surface area contributed by atoms with Crippen molar-refractivity contribution in [3.63, 3.8) is 0 Å². The first-order valence-corrected chi connectivity index (χ1v) is 15.4. The van der Waals surface area contributed by atoms with E-state index in [2.05, 4.69) is 82.5 Å². The fourth-order valence-electron chi connectivity index (χ4n) is 5.32. The number of amides is 2. The molecule has 3 aromatic rings. The Morgan fingerprint density at radius 3 is 2.51 bits per heavy atom. The number of benzene rings is 2. The molecule has 2 aromatic carbocycles. The highest BCUT2D eigenvalue weighted by atomic mass is 127. The van der Waals surface area contributed by atoms with Crippen molar-refractivity contribution in [1.29, 1.82) is 0 Å². The summed E-state index contributed by atoms with van der Waals surface area (Å²) in [6.45, 7) is 11.9. The van der Waals surface area contributed by atoms with Crippen LogP contribution in [-0.2, 0) is 27.1 Å². The number of carbonyl (C=O) groups is 2. The molecule has 41 heavy (non-hydrogen) atoms. The molecule has 2 amide bonds. The summed E-state index contributed by atoms with van der Waals surface area (Å²) in [6, 6.07) is 13.9. The van der Waals surface area contributed by atoms with E-state index in [1.54, 1.807) is 12.1 Å². The summed E-state index contributed by atoms with van der Waals surface area (Å²) < 4.78 is 12.1. The van der Waals surface area contributed by atoms with E-state index in [0.717, 1.165) is 51.7 Å². The summed E-state index contributed by atoms with van der Waals surface area (Å²) in [5.41, 5.74) is 8.04. The van der Waals surface area contributed by atoms with Gasteiger partial charge in [0.15, 0.2) is 0 Å². The van der Waals surface area contributed by atoms with Crippen LogP contribution in [0.1, 0.15) is 58.6 Å². The average molecular weight is 675 g/mol. The highest BCUT2D eigenvalue weighted by Crippen LogP contribution is 2.34. The molecular formula is C32H43IN4O4. The number of hydrogen-bond donors (Lipinski definition) is 3. The molecule has 8 nitrogen and oxygen atoms in total. The van der Waals surface area contributed by atoms with Crippen LogP contribution in [0.3, 0.4) is 0 Å². The first-order chi connectivity index (χ1) is 19.3. The molecule has 0 spiro atoms. The van der Waals surface area contributed by atoms with Crippen molar-refractivity contribution >= 4 is 45.5 Å². The minimum absolute atomic E-state index is 0.00557. The van der Waals surface area contributed by atoms with Gasteiger partial charge in [-0.2, -0.15) is 0 Å². The molecule has 9 heteroatoms. The zero-order valence-corrected chi connectivity index (χ0v) is 27.2. The number of hydrazine groups is 1. The smallest absolute Gasteiger partial charge is 0.408 e. The Kier molecular flexibility index (Phi) is 10.0. The van der Waals surface area contributed by atoms with Crippen molar-refractivity contribution in [2.24, 2.45) is 5.41 Å². The summed E-state index contributed by atoms with van der Waals surface area (Å²) in [5.74, 6) is -0.160. The molecular weight excluding hydrogens is 631 g/mol. The quantitative estimate of drug-likeness (QED) is 0.235. The number of fused-ring (bicyclic) bond motifs is 1. The zero-order valence-electron chi connectivity index (χ0n) is 25.0. The van der Waals surface area contributed by atoms with Crippen LogP contribution >= 0.6 is 22.6 Å². The third-order valence-corrected chi connectivity index (χ3v) is 8.03. The Balaban J connectivity index is 1.61. The second kappa shape index (κ2) is 13.1. The van der Waals surface area contributed by atoms with Crippen LogP contribution in [0.5, 0.6) is 0 Å². The average Bonchev–Trinajstić information content (AvgIpc) is 3.21. The Labute approximate surface area is 257 Å². The number of alkyl carbamates (subject to hydrolysis) is 1. The minimum Gasteiger partial charge on any atom is -0.444 e. The maximum absolute atomic E-state index is 13.5. The van der Waals surface area contributed by atoms with Gasteiger partial charge in [-0.1, -0.05) is 44.2 Å². The molecule has 1 aliphatic rings. The van der Waals surface area contributed by atoms with E-state index in [4.69, 9.17) is 9.47 Å². The predicted octanol–water partition coefficient (Wildman–Crippen LogP) is 6.22. The SMILES string of the molecule is COCC(C)(C)Cc1c(I)[nH]c2ccc(-c3cccc(C[C@H](NC(=O)OC(C)(C)C)C(=O)N4CCCCN4)c3)cc12. The van der Waals surface area contributed by atoms with Crippen LogP contribution in [0.4, 0.5) is 4.79 Å². The number of methoxy groups -OCH3 is 1. The number of H-pyrrole nitrogens is 1. The summed E-state index contributed by atoms with van der Waals surface area (Å²) >= 11 is 2.39. The lowest BCUT2D eigenvalue weighted by Crippen LogP contribution is -2.56. The molecule has 222 valence electrons. The number of ether oxygens (including phenoxy) is 2. The van der Waals surface area contributed by atoms with Gasteiger partial charge >= 0.3 is 6.09 Å². The summed E-state index contributed by atoms with van der Waals surface area (Å²) in [7, 11) is 1.75. The lowest BCUT2D eigenvalue weighted by molar-refractivity contribution is -0.137. The van der Waals surface area contributed by atoms with Gasteiger partial charge in [-0.15, -0.1) is 0 Å². The van der Waals surface area contributed by atoms with Crippen molar-refractivity contribution in [3.05, 3.63) is 57.3 Å². The Bertz CT molecular complexity index is 1370. The third-order valence-electron chi connectivity index (χ3n) is 7.11. The second-order valence-electron chi connectivity index (χ2n) is 12.7. The lowest BCUT2D eigenvalue weighted by atomic mass is 9.86. The van der Waals surface area contributed by atoms with Crippen molar-refractivity contribution in [1.82, 2.24) is 20.7 Å². The summed E-state index contributed by atoms with van der Waals surface area (Å²) in [6.07, 6.45) is 2.60. The van der Waals surface area contributed by atoms with Crippen molar-refractivity contribution in [2.45, 2.75) is 71.9 Å². The monoisotopic (exact) mass is 674 g/mol. The molecule has 1 aliphatic heterocycles. The Hall–Kier alpha value is -2.63. The third kappa shape index (κ3) is 8.45. The first kappa shape index (κ1) is 31.3. The number of aromatic nitrogens is 1. The van der Waals surface area contributed by atoms with E-state index >= 15 is 0 Å². The number of carbonyl (C=O) groups excluding carboxylic acids is 2. The molecule has 2 heterocycles. The number of nitrogens with zero attached hydrogens (tertiary/aromatic N) is 1. The highest BCUT2D eigenvalue weighted by molar-refractivity contribution is 14.1. The number of nitrogens with one attached hydrogen (secondary N) is 3. The van der Waals surface area contributed by atoms with Gasteiger partial charge in [-0.3, -0.25) is 9.80 Å². The Morgan fingerprint density at radius 2 is 1.83 bits per heavy atom. The normalized spacial score (nSPS) is 15.1. The molecule has 1 atom stereocenters. The van der Waals surface area contributed by atoms with E-state index in [9.17, 15) is 9.59 Å². The minimum atomic E-state index is -0.756. The molecule has 1 saturated heterocycles. The van der Waals surface area contributed by atoms with E-state index in [1.807, 2.05) is 32.9 Å². The predicted molar refractivity (Wildman–Crippen MR) is 172 cm³/mol. The number of aromatic amines is 1. The molecule has 0 aliphatic carbocycles. The van der Waals surface area contributed by atoms with E-state index < -0.39 is 17.7 Å².